The third-order valence-corrected chi connectivity index (χ3v) is 6.06. The lowest BCUT2D eigenvalue weighted by Crippen LogP contribution is -2.22. The van der Waals surface area contributed by atoms with E-state index in [4.69, 9.17) is 0 Å². The molecule has 2 heterocycles. The van der Waals surface area contributed by atoms with Crippen molar-refractivity contribution in [2.24, 2.45) is 0 Å². The molecule has 0 radical (unpaired) electrons. The van der Waals surface area contributed by atoms with Gasteiger partial charge in [-0.2, -0.15) is 0 Å². The highest BCUT2D eigenvalue weighted by atomic mass is 32.2. The molecule has 4 aromatic rings. The second kappa shape index (κ2) is 7.05. The number of carbonyl (C=O) groups is 1. The molecule has 1 N–H and O–H groups in total. The van der Waals surface area contributed by atoms with Crippen molar-refractivity contribution >= 4 is 55.3 Å². The second-order valence-electron chi connectivity index (χ2n) is 6.03. The van der Waals surface area contributed by atoms with Crippen molar-refractivity contribution in [3.8, 4) is 0 Å². The SMILES string of the molecule is Cc1cc(SC(C)C(=O)Nc2nc3ccccc3s2)nc2ccccc12. The highest BCUT2D eigenvalue weighted by molar-refractivity contribution is 8.00. The molecule has 1 atom stereocenters. The highest BCUT2D eigenvalue weighted by Gasteiger charge is 2.17. The van der Waals surface area contributed by atoms with E-state index in [9.17, 15) is 4.79 Å². The summed E-state index contributed by atoms with van der Waals surface area (Å²) in [6, 6.07) is 18.0. The van der Waals surface area contributed by atoms with Gasteiger partial charge in [-0.1, -0.05) is 53.4 Å². The van der Waals surface area contributed by atoms with Crippen molar-refractivity contribution in [3.63, 3.8) is 0 Å². The van der Waals surface area contributed by atoms with Crippen molar-refractivity contribution in [1.82, 2.24) is 9.97 Å². The van der Waals surface area contributed by atoms with Crippen molar-refractivity contribution in [2.75, 3.05) is 5.32 Å². The lowest BCUT2D eigenvalue weighted by atomic mass is 10.1. The van der Waals surface area contributed by atoms with Gasteiger partial charge in [-0.25, -0.2) is 9.97 Å². The normalized spacial score (nSPS) is 12.4. The van der Waals surface area contributed by atoms with Gasteiger partial charge in [0.05, 0.1) is 26.0 Å². The van der Waals surface area contributed by atoms with Crippen LogP contribution in [0.15, 0.2) is 59.6 Å². The van der Waals surface area contributed by atoms with Crippen LogP contribution in [-0.4, -0.2) is 21.1 Å². The number of thioether (sulfide) groups is 1. The molecule has 1 unspecified atom stereocenters. The lowest BCUT2D eigenvalue weighted by Gasteiger charge is -2.11. The zero-order chi connectivity index (χ0) is 18.1. The number of fused-ring (bicyclic) bond motifs is 2. The molecule has 130 valence electrons. The number of hydrogen-bond donors (Lipinski definition) is 1. The first kappa shape index (κ1) is 17.0. The number of thiazole rings is 1. The van der Waals surface area contributed by atoms with Gasteiger partial charge >= 0.3 is 0 Å². The molecule has 0 bridgehead atoms. The molecule has 4 nitrogen and oxygen atoms in total. The fraction of sp³-hybridized carbons (Fsp3) is 0.150. The van der Waals surface area contributed by atoms with Gasteiger partial charge in [0.25, 0.3) is 0 Å². The minimum atomic E-state index is -0.268. The van der Waals surface area contributed by atoms with E-state index in [0.29, 0.717) is 5.13 Å². The average Bonchev–Trinajstić information content (AvgIpc) is 3.04. The van der Waals surface area contributed by atoms with E-state index in [1.54, 1.807) is 0 Å². The topological polar surface area (TPSA) is 54.9 Å². The molecule has 26 heavy (non-hydrogen) atoms. The first-order chi connectivity index (χ1) is 12.6. The Balaban J connectivity index is 1.50. The predicted octanol–water partition coefficient (Wildman–Crippen LogP) is 5.27. The Morgan fingerprint density at radius 3 is 2.62 bits per heavy atom. The third-order valence-electron chi connectivity index (χ3n) is 4.09. The van der Waals surface area contributed by atoms with E-state index in [1.807, 2.05) is 55.5 Å². The Bertz CT molecular complexity index is 1070. The number of para-hydroxylation sites is 2. The third kappa shape index (κ3) is 3.43. The fourth-order valence-corrected chi connectivity index (χ4v) is 4.54. The number of benzene rings is 2. The number of nitrogens with one attached hydrogen (secondary N) is 1. The summed E-state index contributed by atoms with van der Waals surface area (Å²) in [6.45, 7) is 3.96. The Kier molecular flexibility index (Phi) is 4.61. The Morgan fingerprint density at radius 2 is 1.81 bits per heavy atom. The molecule has 0 aliphatic rings. The number of aromatic nitrogens is 2. The Labute approximate surface area is 159 Å². The Hall–Kier alpha value is -2.44. The molecular formula is C20H17N3OS2. The molecule has 0 aliphatic heterocycles. The number of aryl methyl sites for hydroxylation is 1. The maximum atomic E-state index is 12.5. The lowest BCUT2D eigenvalue weighted by molar-refractivity contribution is -0.115. The average molecular weight is 380 g/mol. The summed E-state index contributed by atoms with van der Waals surface area (Å²) in [5.41, 5.74) is 3.02. The number of rotatable bonds is 4. The van der Waals surface area contributed by atoms with Crippen LogP contribution in [-0.2, 0) is 4.79 Å². The monoisotopic (exact) mass is 379 g/mol. The van der Waals surface area contributed by atoms with Crippen LogP contribution in [0.4, 0.5) is 5.13 Å². The zero-order valence-electron chi connectivity index (χ0n) is 14.4. The second-order valence-corrected chi connectivity index (χ2v) is 8.42. The van der Waals surface area contributed by atoms with Gasteiger partial charge in [-0.15, -0.1) is 0 Å². The van der Waals surface area contributed by atoms with Crippen LogP contribution in [0.3, 0.4) is 0 Å². The van der Waals surface area contributed by atoms with Gasteiger partial charge in [0.1, 0.15) is 0 Å². The van der Waals surface area contributed by atoms with E-state index in [2.05, 4.69) is 28.3 Å². The molecule has 0 fully saturated rings. The largest absolute Gasteiger partial charge is 0.301 e. The molecule has 2 aromatic carbocycles. The van der Waals surface area contributed by atoms with Crippen LogP contribution in [0.2, 0.25) is 0 Å². The smallest absolute Gasteiger partial charge is 0.239 e. The first-order valence-electron chi connectivity index (χ1n) is 8.29. The number of pyridine rings is 1. The van der Waals surface area contributed by atoms with Crippen LogP contribution >= 0.6 is 23.1 Å². The number of nitrogens with zero attached hydrogens (tertiary/aromatic N) is 2. The molecule has 6 heteroatoms. The van der Waals surface area contributed by atoms with E-state index in [0.717, 1.165) is 31.7 Å². The van der Waals surface area contributed by atoms with Gasteiger partial charge in [0.2, 0.25) is 5.91 Å². The molecular weight excluding hydrogens is 362 g/mol. The van der Waals surface area contributed by atoms with Crippen molar-refractivity contribution in [1.29, 1.82) is 0 Å². The molecule has 0 saturated heterocycles. The quantitative estimate of drug-likeness (QED) is 0.491. The van der Waals surface area contributed by atoms with Gasteiger partial charge in [0.15, 0.2) is 5.13 Å². The summed E-state index contributed by atoms with van der Waals surface area (Å²) in [6.07, 6.45) is 0. The van der Waals surface area contributed by atoms with Crippen LogP contribution in [0.5, 0.6) is 0 Å². The Morgan fingerprint density at radius 1 is 1.08 bits per heavy atom. The zero-order valence-corrected chi connectivity index (χ0v) is 16.0. The highest BCUT2D eigenvalue weighted by Crippen LogP contribution is 2.29. The van der Waals surface area contributed by atoms with Crippen LogP contribution in [0.25, 0.3) is 21.1 Å². The van der Waals surface area contributed by atoms with Crippen LogP contribution < -0.4 is 5.32 Å². The van der Waals surface area contributed by atoms with Crippen molar-refractivity contribution in [3.05, 3.63) is 60.2 Å². The van der Waals surface area contributed by atoms with Crippen molar-refractivity contribution in [2.45, 2.75) is 24.1 Å². The van der Waals surface area contributed by atoms with E-state index < -0.39 is 0 Å². The van der Waals surface area contributed by atoms with Gasteiger partial charge in [-0.3, -0.25) is 4.79 Å². The molecule has 0 spiro atoms. The summed E-state index contributed by atoms with van der Waals surface area (Å²) in [5, 5.41) is 5.28. The molecule has 2 aromatic heterocycles. The minimum Gasteiger partial charge on any atom is -0.301 e. The van der Waals surface area contributed by atoms with Gasteiger partial charge < -0.3 is 5.32 Å². The standard InChI is InChI=1S/C20H17N3OS2/c1-12-11-18(21-15-8-4-3-7-14(12)15)25-13(2)19(24)23-20-22-16-9-5-6-10-17(16)26-20/h3-11,13H,1-2H3,(H,22,23,24). The number of hydrogen-bond acceptors (Lipinski definition) is 5. The van der Waals surface area contributed by atoms with E-state index in [-0.39, 0.29) is 11.2 Å². The number of carbonyl (C=O) groups excluding carboxylic acids is 1. The maximum absolute atomic E-state index is 12.5. The summed E-state index contributed by atoms with van der Waals surface area (Å²) in [5.74, 6) is -0.0679. The van der Waals surface area contributed by atoms with Crippen molar-refractivity contribution < 1.29 is 4.79 Å². The molecule has 0 aliphatic carbocycles. The first-order valence-corrected chi connectivity index (χ1v) is 9.99. The molecule has 1 amide bonds. The summed E-state index contributed by atoms with van der Waals surface area (Å²) < 4.78 is 1.06. The van der Waals surface area contributed by atoms with Gasteiger partial charge in [0, 0.05) is 5.39 Å². The summed E-state index contributed by atoms with van der Waals surface area (Å²) >= 11 is 2.95. The van der Waals surface area contributed by atoms with Crippen LogP contribution in [0, 0.1) is 6.92 Å². The predicted molar refractivity (Wildman–Crippen MR) is 110 cm³/mol. The molecule has 4 rings (SSSR count). The van der Waals surface area contributed by atoms with E-state index >= 15 is 0 Å². The number of anilines is 1. The summed E-state index contributed by atoms with van der Waals surface area (Å²) in [4.78, 5) is 21.7. The van der Waals surface area contributed by atoms with Gasteiger partial charge in [-0.05, 0) is 43.7 Å². The number of amides is 1. The fourth-order valence-electron chi connectivity index (χ4n) is 2.75. The summed E-state index contributed by atoms with van der Waals surface area (Å²) in [7, 11) is 0. The maximum Gasteiger partial charge on any atom is 0.239 e. The van der Waals surface area contributed by atoms with E-state index in [1.165, 1.54) is 23.1 Å². The van der Waals surface area contributed by atoms with Crippen LogP contribution in [0.1, 0.15) is 12.5 Å². The minimum absolute atomic E-state index is 0.0679. The molecule has 0 saturated carbocycles.